The number of carbonyl (C=O) groups excluding carboxylic acids is 1. The maximum Gasteiger partial charge on any atom is 0.232 e. The molecule has 31 heavy (non-hydrogen) atoms. The number of amides is 1. The van der Waals surface area contributed by atoms with Crippen LogP contribution in [-0.2, 0) is 11.3 Å². The Morgan fingerprint density at radius 1 is 1.10 bits per heavy atom. The number of likely N-dealkylation sites (tertiary alicyclic amines) is 1. The fourth-order valence-electron chi connectivity index (χ4n) is 3.83. The van der Waals surface area contributed by atoms with Gasteiger partial charge in [0.15, 0.2) is 11.5 Å². The maximum atomic E-state index is 12.6. The quantitative estimate of drug-likeness (QED) is 0.563. The van der Waals surface area contributed by atoms with Gasteiger partial charge in [0.05, 0.1) is 20.1 Å². The van der Waals surface area contributed by atoms with Crippen molar-refractivity contribution in [1.29, 1.82) is 0 Å². The van der Waals surface area contributed by atoms with E-state index < -0.39 is 0 Å². The van der Waals surface area contributed by atoms with Gasteiger partial charge in [-0.1, -0.05) is 49.3 Å². The average molecular weight is 421 g/mol. The van der Waals surface area contributed by atoms with Gasteiger partial charge in [-0.3, -0.25) is 4.79 Å². The lowest BCUT2D eigenvalue weighted by molar-refractivity contribution is -0.128. The molecular weight excluding hydrogens is 394 g/mol. The summed E-state index contributed by atoms with van der Waals surface area (Å²) in [6, 6.07) is 13.9. The molecule has 1 aromatic heterocycles. The summed E-state index contributed by atoms with van der Waals surface area (Å²) in [4.78, 5) is 19.0. The molecule has 162 valence electrons. The molecule has 2 aromatic carbocycles. The lowest BCUT2D eigenvalue weighted by atomic mass is 10.0. The second kappa shape index (κ2) is 8.79. The van der Waals surface area contributed by atoms with Crippen LogP contribution in [0.25, 0.3) is 11.4 Å². The van der Waals surface area contributed by atoms with Crippen LogP contribution in [0.3, 0.4) is 0 Å². The zero-order valence-electron chi connectivity index (χ0n) is 18.3. The SMILES string of the molecule is COc1ccc(CN2CC(c3nc(-c4ccc(C(C)C)cc4)no3)CC2=O)cc1OC. The molecule has 1 atom stereocenters. The number of nitrogens with zero attached hydrogens (tertiary/aromatic N) is 3. The van der Waals surface area contributed by atoms with E-state index in [1.54, 1.807) is 14.2 Å². The molecule has 0 saturated carbocycles. The third-order valence-electron chi connectivity index (χ3n) is 5.66. The largest absolute Gasteiger partial charge is 0.493 e. The number of benzene rings is 2. The molecular formula is C24H27N3O4. The van der Waals surface area contributed by atoms with Gasteiger partial charge in [0.25, 0.3) is 0 Å². The molecule has 1 aliphatic heterocycles. The van der Waals surface area contributed by atoms with Gasteiger partial charge in [-0.05, 0) is 29.2 Å². The molecule has 7 nitrogen and oxygen atoms in total. The third kappa shape index (κ3) is 4.40. The van der Waals surface area contributed by atoms with Crippen LogP contribution in [0.15, 0.2) is 47.0 Å². The van der Waals surface area contributed by atoms with Crippen molar-refractivity contribution in [1.82, 2.24) is 15.0 Å². The van der Waals surface area contributed by atoms with Gasteiger partial charge in [-0.2, -0.15) is 4.98 Å². The number of carbonyl (C=O) groups is 1. The molecule has 1 saturated heterocycles. The van der Waals surface area contributed by atoms with E-state index in [9.17, 15) is 4.79 Å². The fraction of sp³-hybridized carbons (Fsp3) is 0.375. The minimum Gasteiger partial charge on any atom is -0.493 e. The number of rotatable bonds is 7. The van der Waals surface area contributed by atoms with E-state index in [4.69, 9.17) is 14.0 Å². The van der Waals surface area contributed by atoms with Gasteiger partial charge >= 0.3 is 0 Å². The first kappa shape index (κ1) is 20.9. The summed E-state index contributed by atoms with van der Waals surface area (Å²) in [5.74, 6) is 2.80. The van der Waals surface area contributed by atoms with Gasteiger partial charge in [-0.15, -0.1) is 0 Å². The van der Waals surface area contributed by atoms with Crippen molar-refractivity contribution in [2.24, 2.45) is 0 Å². The van der Waals surface area contributed by atoms with Crippen LogP contribution < -0.4 is 9.47 Å². The Morgan fingerprint density at radius 3 is 2.52 bits per heavy atom. The number of aromatic nitrogens is 2. The molecule has 1 amide bonds. The Hall–Kier alpha value is -3.35. The van der Waals surface area contributed by atoms with Gasteiger partial charge in [0.1, 0.15) is 0 Å². The summed E-state index contributed by atoms with van der Waals surface area (Å²) in [6.07, 6.45) is 0.362. The molecule has 3 aromatic rings. The van der Waals surface area contributed by atoms with Crippen LogP contribution >= 0.6 is 0 Å². The molecule has 1 unspecified atom stereocenters. The van der Waals surface area contributed by atoms with Crippen LogP contribution in [0, 0.1) is 0 Å². The second-order valence-electron chi connectivity index (χ2n) is 8.10. The van der Waals surface area contributed by atoms with Crippen LogP contribution in [0.4, 0.5) is 0 Å². The van der Waals surface area contributed by atoms with E-state index >= 15 is 0 Å². The standard InChI is InChI=1S/C24H27N3O4/c1-15(2)17-6-8-18(9-7-17)23-25-24(31-26-23)19-12-22(28)27(14-19)13-16-5-10-20(29-3)21(11-16)30-4/h5-11,15,19H,12-14H2,1-4H3. The predicted octanol–water partition coefficient (Wildman–Crippen LogP) is 4.39. The monoisotopic (exact) mass is 421 g/mol. The van der Waals surface area contributed by atoms with E-state index in [2.05, 4.69) is 36.1 Å². The first-order valence-electron chi connectivity index (χ1n) is 10.4. The summed E-state index contributed by atoms with van der Waals surface area (Å²) in [6.45, 7) is 5.35. The van der Waals surface area contributed by atoms with Crippen molar-refractivity contribution in [2.45, 2.75) is 38.6 Å². The van der Waals surface area contributed by atoms with Gasteiger partial charge in [-0.25, -0.2) is 0 Å². The molecule has 7 heteroatoms. The molecule has 0 aliphatic carbocycles. The summed E-state index contributed by atoms with van der Waals surface area (Å²) in [7, 11) is 3.20. The van der Waals surface area contributed by atoms with Gasteiger partial charge < -0.3 is 18.9 Å². The zero-order chi connectivity index (χ0) is 22.0. The van der Waals surface area contributed by atoms with Crippen molar-refractivity contribution in [2.75, 3.05) is 20.8 Å². The molecule has 2 heterocycles. The highest BCUT2D eigenvalue weighted by atomic mass is 16.5. The first-order chi connectivity index (χ1) is 15.0. The van der Waals surface area contributed by atoms with E-state index in [1.165, 1.54) is 5.56 Å². The number of ether oxygens (including phenoxy) is 2. The maximum absolute atomic E-state index is 12.6. The highest BCUT2D eigenvalue weighted by Crippen LogP contribution is 2.32. The molecule has 0 spiro atoms. The third-order valence-corrected chi connectivity index (χ3v) is 5.66. The van der Waals surface area contributed by atoms with Crippen LogP contribution in [-0.4, -0.2) is 41.7 Å². The molecule has 1 fully saturated rings. The fourth-order valence-corrected chi connectivity index (χ4v) is 3.83. The summed E-state index contributed by atoms with van der Waals surface area (Å²) < 4.78 is 16.2. The lowest BCUT2D eigenvalue weighted by Gasteiger charge is -2.17. The van der Waals surface area contributed by atoms with E-state index in [0.29, 0.717) is 48.6 Å². The van der Waals surface area contributed by atoms with E-state index in [1.807, 2.05) is 35.2 Å². The lowest BCUT2D eigenvalue weighted by Crippen LogP contribution is -2.24. The van der Waals surface area contributed by atoms with Crippen molar-refractivity contribution < 1.29 is 18.8 Å². The normalized spacial score (nSPS) is 16.2. The second-order valence-corrected chi connectivity index (χ2v) is 8.10. The Bertz CT molecular complexity index is 1060. The Labute approximate surface area is 182 Å². The van der Waals surface area contributed by atoms with E-state index in [0.717, 1.165) is 11.1 Å². The van der Waals surface area contributed by atoms with E-state index in [-0.39, 0.29) is 11.8 Å². The smallest absolute Gasteiger partial charge is 0.232 e. The number of hydrogen-bond donors (Lipinski definition) is 0. The van der Waals surface area contributed by atoms with Gasteiger partial charge in [0, 0.05) is 25.1 Å². The highest BCUT2D eigenvalue weighted by molar-refractivity contribution is 5.79. The summed E-state index contributed by atoms with van der Waals surface area (Å²) in [5.41, 5.74) is 3.15. The Morgan fingerprint density at radius 2 is 1.84 bits per heavy atom. The topological polar surface area (TPSA) is 77.7 Å². The van der Waals surface area contributed by atoms with Crippen molar-refractivity contribution >= 4 is 5.91 Å². The molecule has 0 N–H and O–H groups in total. The van der Waals surface area contributed by atoms with Crippen molar-refractivity contribution in [3.05, 3.63) is 59.5 Å². The van der Waals surface area contributed by atoms with Gasteiger partial charge in [0.2, 0.25) is 17.6 Å². The first-order valence-corrected chi connectivity index (χ1v) is 10.4. The summed E-state index contributed by atoms with van der Waals surface area (Å²) in [5, 5.41) is 4.14. The Kier molecular flexibility index (Phi) is 5.93. The highest BCUT2D eigenvalue weighted by Gasteiger charge is 2.34. The summed E-state index contributed by atoms with van der Waals surface area (Å²) >= 11 is 0. The Balaban J connectivity index is 1.45. The number of hydrogen-bond acceptors (Lipinski definition) is 6. The average Bonchev–Trinajstić information content (AvgIpc) is 3.41. The molecule has 4 rings (SSSR count). The molecule has 0 radical (unpaired) electrons. The molecule has 0 bridgehead atoms. The minimum absolute atomic E-state index is 0.0702. The number of methoxy groups -OCH3 is 2. The van der Waals surface area contributed by atoms with Crippen molar-refractivity contribution in [3.8, 4) is 22.9 Å². The van der Waals surface area contributed by atoms with Crippen LogP contribution in [0.2, 0.25) is 0 Å². The van der Waals surface area contributed by atoms with Crippen LogP contribution in [0.5, 0.6) is 11.5 Å². The zero-order valence-corrected chi connectivity index (χ0v) is 18.3. The predicted molar refractivity (Wildman–Crippen MR) is 116 cm³/mol. The molecule has 1 aliphatic rings. The van der Waals surface area contributed by atoms with Crippen molar-refractivity contribution in [3.63, 3.8) is 0 Å². The van der Waals surface area contributed by atoms with Crippen LogP contribution in [0.1, 0.15) is 49.1 Å². The minimum atomic E-state index is -0.108.